The third-order valence-electron chi connectivity index (χ3n) is 9.36. The molecule has 0 amide bonds. The van der Waals surface area contributed by atoms with E-state index in [1.807, 2.05) is 6.92 Å². The molecule has 0 spiro atoms. The van der Waals surface area contributed by atoms with E-state index in [4.69, 9.17) is 24.7 Å². The Kier molecular flexibility index (Phi) is 14.6. The van der Waals surface area contributed by atoms with E-state index in [0.29, 0.717) is 12.8 Å². The lowest BCUT2D eigenvalue weighted by Crippen LogP contribution is -2.53. The number of methoxy groups -OCH3 is 1. The van der Waals surface area contributed by atoms with Crippen LogP contribution in [0.15, 0.2) is 18.2 Å². The molecule has 296 valence electrons. The molecule has 1 heterocycles. The second kappa shape index (κ2) is 18.3. The SMILES string of the molecule is CCCCCC(=O)SCC(=O)OCC(=O)[C@]1(O)Cc2c(O)c3c(c(O)c2[C@@H](OC2CC(N)C(O)C(C)O2)C1)C(=O)c1c(OC)cccc1C3=O.CS(C)=O. The first-order valence-corrected chi connectivity index (χ1v) is 20.3. The normalized spacial score (nSPS) is 24.4. The van der Waals surface area contributed by atoms with Crippen LogP contribution in [0.4, 0.5) is 0 Å². The second-order valence-corrected chi connectivity index (χ2v) is 16.0. The summed E-state index contributed by atoms with van der Waals surface area (Å²) in [5.74, 6) is -5.17. The number of carbonyl (C=O) groups is 5. The molecule has 2 aliphatic carbocycles. The molecule has 2 aromatic carbocycles. The number of ether oxygens (including phenoxy) is 4. The Morgan fingerprint density at radius 3 is 2.37 bits per heavy atom. The van der Waals surface area contributed by atoms with Crippen molar-refractivity contribution in [2.24, 2.45) is 5.73 Å². The lowest BCUT2D eigenvalue weighted by atomic mass is 9.72. The van der Waals surface area contributed by atoms with Gasteiger partial charge in [-0.05, 0) is 19.4 Å². The van der Waals surface area contributed by atoms with E-state index >= 15 is 0 Å². The molecule has 1 saturated heterocycles. The first kappa shape index (κ1) is 43.0. The number of phenols is 2. The van der Waals surface area contributed by atoms with E-state index in [1.54, 1.807) is 19.4 Å². The summed E-state index contributed by atoms with van der Waals surface area (Å²) in [6.45, 7) is 2.67. The fraction of sp³-hybridized carbons (Fsp3) is 0.541. The fourth-order valence-corrected chi connectivity index (χ4v) is 7.31. The Labute approximate surface area is 319 Å². The second-order valence-electron chi connectivity index (χ2n) is 13.5. The number of rotatable bonds is 12. The maximum Gasteiger partial charge on any atom is 0.316 e. The molecule has 5 rings (SSSR count). The minimum atomic E-state index is -2.37. The van der Waals surface area contributed by atoms with Gasteiger partial charge in [-0.25, -0.2) is 0 Å². The summed E-state index contributed by atoms with van der Waals surface area (Å²) in [4.78, 5) is 65.6. The smallest absolute Gasteiger partial charge is 0.316 e. The highest BCUT2D eigenvalue weighted by atomic mass is 32.2. The van der Waals surface area contributed by atoms with E-state index < -0.39 is 112 Å². The van der Waals surface area contributed by atoms with Crippen LogP contribution in [0.1, 0.15) is 101 Å². The third kappa shape index (κ3) is 9.38. The Morgan fingerprint density at radius 1 is 1.07 bits per heavy atom. The predicted octanol–water partition coefficient (Wildman–Crippen LogP) is 2.39. The van der Waals surface area contributed by atoms with Crippen molar-refractivity contribution in [1.29, 1.82) is 0 Å². The van der Waals surface area contributed by atoms with Gasteiger partial charge in [0, 0.05) is 71.7 Å². The molecular weight excluding hydrogens is 747 g/mol. The number of aliphatic hydroxyl groups is 2. The van der Waals surface area contributed by atoms with Crippen LogP contribution in [0.25, 0.3) is 0 Å². The highest BCUT2D eigenvalue weighted by Crippen LogP contribution is 2.52. The molecule has 54 heavy (non-hydrogen) atoms. The molecule has 4 unspecified atom stereocenters. The van der Waals surface area contributed by atoms with Gasteiger partial charge in [0.1, 0.15) is 22.8 Å². The number of ketones is 3. The van der Waals surface area contributed by atoms with Crippen molar-refractivity contribution in [3.63, 3.8) is 0 Å². The number of benzene rings is 2. The molecular formula is C37H47NO14S2. The van der Waals surface area contributed by atoms with Crippen LogP contribution >= 0.6 is 11.8 Å². The van der Waals surface area contributed by atoms with Gasteiger partial charge in [-0.15, -0.1) is 0 Å². The summed E-state index contributed by atoms with van der Waals surface area (Å²) in [7, 11) is 0.700. The number of aliphatic hydroxyl groups excluding tert-OH is 1. The van der Waals surface area contributed by atoms with Crippen LogP contribution in [-0.2, 0) is 45.8 Å². The van der Waals surface area contributed by atoms with Gasteiger partial charge in [0.25, 0.3) is 0 Å². The Balaban J connectivity index is 0.00000155. The number of Topliss-reactive ketones (excluding diaryl/α,β-unsaturated/α-hetero) is 1. The van der Waals surface area contributed by atoms with Crippen molar-refractivity contribution in [1.82, 2.24) is 0 Å². The molecule has 0 aromatic heterocycles. The number of esters is 1. The van der Waals surface area contributed by atoms with Crippen molar-refractivity contribution in [3.8, 4) is 17.2 Å². The van der Waals surface area contributed by atoms with Crippen LogP contribution < -0.4 is 10.5 Å². The van der Waals surface area contributed by atoms with Crippen molar-refractivity contribution in [2.75, 3.05) is 32.0 Å². The highest BCUT2D eigenvalue weighted by molar-refractivity contribution is 8.14. The molecule has 6 atom stereocenters. The molecule has 1 aliphatic heterocycles. The molecule has 6 N–H and O–H groups in total. The van der Waals surface area contributed by atoms with E-state index in [9.17, 15) is 48.6 Å². The largest absolute Gasteiger partial charge is 0.507 e. The monoisotopic (exact) mass is 793 g/mol. The predicted molar refractivity (Wildman–Crippen MR) is 197 cm³/mol. The molecule has 17 heteroatoms. The molecule has 0 bridgehead atoms. The van der Waals surface area contributed by atoms with E-state index in [-0.39, 0.29) is 45.3 Å². The first-order valence-electron chi connectivity index (χ1n) is 17.4. The Morgan fingerprint density at radius 2 is 1.74 bits per heavy atom. The average Bonchev–Trinajstić information content (AvgIpc) is 3.11. The molecule has 1 fully saturated rings. The number of fused-ring (bicyclic) bond motifs is 3. The number of hydrogen-bond donors (Lipinski definition) is 5. The number of hydrogen-bond acceptors (Lipinski definition) is 16. The van der Waals surface area contributed by atoms with Crippen LogP contribution in [0.5, 0.6) is 17.2 Å². The maximum atomic E-state index is 13.9. The molecule has 0 saturated carbocycles. The summed E-state index contributed by atoms with van der Waals surface area (Å²) < 4.78 is 31.9. The van der Waals surface area contributed by atoms with Gasteiger partial charge in [-0.3, -0.25) is 28.2 Å². The van der Waals surface area contributed by atoms with Crippen LogP contribution in [0, 0.1) is 0 Å². The fourth-order valence-electron chi connectivity index (χ4n) is 6.66. The van der Waals surface area contributed by atoms with Gasteiger partial charge in [0.05, 0.1) is 47.9 Å². The van der Waals surface area contributed by atoms with Gasteiger partial charge in [0.2, 0.25) is 11.6 Å². The van der Waals surface area contributed by atoms with Crippen molar-refractivity contribution in [3.05, 3.63) is 51.6 Å². The lowest BCUT2D eigenvalue weighted by Gasteiger charge is -2.42. The number of aromatic hydroxyl groups is 2. The van der Waals surface area contributed by atoms with Crippen LogP contribution in [0.3, 0.4) is 0 Å². The Hall–Kier alpha value is -3.71. The van der Waals surface area contributed by atoms with E-state index in [2.05, 4.69) is 0 Å². The van der Waals surface area contributed by atoms with Gasteiger partial charge < -0.3 is 45.1 Å². The molecule has 3 aliphatic rings. The van der Waals surface area contributed by atoms with Gasteiger partial charge >= 0.3 is 5.97 Å². The maximum absolute atomic E-state index is 13.9. The zero-order chi connectivity index (χ0) is 40.1. The van der Waals surface area contributed by atoms with E-state index in [0.717, 1.165) is 24.6 Å². The Bertz CT molecular complexity index is 1800. The number of unbranched alkanes of at least 4 members (excludes halogenated alkanes) is 2. The van der Waals surface area contributed by atoms with Crippen LogP contribution in [0.2, 0.25) is 0 Å². The quantitative estimate of drug-likeness (QED) is 0.100. The summed E-state index contributed by atoms with van der Waals surface area (Å²) >= 11 is 0.769. The van der Waals surface area contributed by atoms with Gasteiger partial charge in [-0.2, -0.15) is 0 Å². The van der Waals surface area contributed by atoms with Crippen molar-refractivity contribution in [2.45, 2.75) is 95.0 Å². The number of nitrogens with two attached hydrogens (primary N) is 1. The minimum Gasteiger partial charge on any atom is -0.507 e. The molecule has 2 aromatic rings. The zero-order valence-corrected chi connectivity index (χ0v) is 32.4. The number of thioether (sulfide) groups is 1. The van der Waals surface area contributed by atoms with E-state index in [1.165, 1.54) is 25.3 Å². The summed E-state index contributed by atoms with van der Waals surface area (Å²) in [5, 5.41) is 45.2. The van der Waals surface area contributed by atoms with Gasteiger partial charge in [0.15, 0.2) is 23.8 Å². The van der Waals surface area contributed by atoms with Crippen molar-refractivity contribution >= 4 is 51.0 Å². The van der Waals surface area contributed by atoms with Gasteiger partial charge in [-0.1, -0.05) is 43.7 Å². The summed E-state index contributed by atoms with van der Waals surface area (Å²) in [5.41, 5.74) is 2.08. The minimum absolute atomic E-state index is 0.0319. The number of phenolic OH excluding ortho intramolecular Hbond substituents is 2. The third-order valence-corrected chi connectivity index (χ3v) is 10.3. The van der Waals surface area contributed by atoms with Crippen molar-refractivity contribution < 1.29 is 67.6 Å². The standard InChI is InChI=1S/C35H41NO13S.C2H6OS/c1-4-5-6-10-24(39)50-15-23(38)47-14-22(37)35(45)12-18-27(21(13-35)49-25-11-19(36)30(40)16(2)48-25)34(44)29-28(32(18)42)31(41)17-8-7-9-20(46-3)26(17)33(29)43;1-4(2)3/h7-9,16,19,21,25,30,40,42,44-45H,4-6,10-15,36H2,1-3H3;1-2H3/t16?,19?,21-,25?,30?,35-;/m0./s1. The zero-order valence-electron chi connectivity index (χ0n) is 30.7. The summed E-state index contributed by atoms with van der Waals surface area (Å²) in [6, 6.07) is 3.54. The first-order chi connectivity index (χ1) is 25.4. The molecule has 0 radical (unpaired) electrons. The topological polar surface area (TPSA) is 246 Å². The average molecular weight is 794 g/mol. The molecule has 15 nitrogen and oxygen atoms in total. The summed E-state index contributed by atoms with van der Waals surface area (Å²) in [6.07, 6.45) is 0.481. The highest BCUT2D eigenvalue weighted by Gasteiger charge is 2.50. The number of carbonyl (C=O) groups excluding carboxylic acids is 5. The lowest BCUT2D eigenvalue weighted by molar-refractivity contribution is -0.247. The van der Waals surface area contributed by atoms with Crippen LogP contribution in [-0.4, -0.2) is 115 Å².